The number of benzene rings is 2. The topological polar surface area (TPSA) is 17.1 Å². The summed E-state index contributed by atoms with van der Waals surface area (Å²) in [5, 5.41) is 0. The quantitative estimate of drug-likeness (QED) is 0.599. The van der Waals surface area contributed by atoms with Crippen LogP contribution >= 0.6 is 23.5 Å². The van der Waals surface area contributed by atoms with Crippen LogP contribution in [0, 0.1) is 0 Å². The number of hydrogen-bond donors (Lipinski definition) is 0. The number of carbonyl (C=O) groups excluding carboxylic acids is 1. The highest BCUT2D eigenvalue weighted by Gasteiger charge is 2.16. The first-order chi connectivity index (χ1) is 7.86. The van der Waals surface area contributed by atoms with Gasteiger partial charge >= 0.3 is 0 Å². The molecule has 1 heterocycles. The first-order valence-electron chi connectivity index (χ1n) is 4.91. The summed E-state index contributed by atoms with van der Waals surface area (Å²) in [7, 11) is 0. The van der Waals surface area contributed by atoms with E-state index in [0.29, 0.717) is 0 Å². The van der Waals surface area contributed by atoms with Crippen LogP contribution in [0.3, 0.4) is 0 Å². The number of fused-ring (bicyclic) bond motifs is 2. The van der Waals surface area contributed by atoms with Crippen LogP contribution in [0.1, 0.15) is 10.4 Å². The van der Waals surface area contributed by atoms with E-state index in [1.807, 2.05) is 24.3 Å². The van der Waals surface area contributed by atoms with Gasteiger partial charge in [-0.15, -0.1) is 0 Å². The summed E-state index contributed by atoms with van der Waals surface area (Å²) in [4.78, 5) is 15.7. The van der Waals surface area contributed by atoms with Gasteiger partial charge in [-0.2, -0.15) is 0 Å². The highest BCUT2D eigenvalue weighted by atomic mass is 32.2. The molecule has 0 unspecified atom stereocenters. The van der Waals surface area contributed by atoms with Crippen molar-refractivity contribution in [1.29, 1.82) is 0 Å². The normalized spacial score (nSPS) is 12.8. The summed E-state index contributed by atoms with van der Waals surface area (Å²) < 4.78 is 0. The molecule has 0 aromatic heterocycles. The lowest BCUT2D eigenvalue weighted by atomic mass is 10.2. The molecule has 0 N–H and O–H groups in total. The first-order valence-corrected chi connectivity index (χ1v) is 6.54. The van der Waals surface area contributed by atoms with Gasteiger partial charge in [0.25, 0.3) is 0 Å². The van der Waals surface area contributed by atoms with Gasteiger partial charge in [0.1, 0.15) is 6.29 Å². The van der Waals surface area contributed by atoms with Gasteiger partial charge in [0.15, 0.2) is 0 Å². The van der Waals surface area contributed by atoms with Crippen LogP contribution < -0.4 is 0 Å². The van der Waals surface area contributed by atoms with Crippen LogP contribution in [0.2, 0.25) is 0 Å². The number of aldehydes is 1. The Labute approximate surface area is 102 Å². The minimum atomic E-state index is 0.742. The Morgan fingerprint density at radius 1 is 0.812 bits per heavy atom. The molecule has 3 rings (SSSR count). The van der Waals surface area contributed by atoms with Crippen LogP contribution in [0.5, 0.6) is 0 Å². The monoisotopic (exact) mass is 244 g/mol. The van der Waals surface area contributed by atoms with Gasteiger partial charge in [0.2, 0.25) is 0 Å². The van der Waals surface area contributed by atoms with Crippen LogP contribution in [0.15, 0.2) is 62.0 Å². The summed E-state index contributed by atoms with van der Waals surface area (Å²) in [5.74, 6) is 0. The largest absolute Gasteiger partial charge is 0.298 e. The van der Waals surface area contributed by atoms with Crippen LogP contribution in [0.4, 0.5) is 0 Å². The van der Waals surface area contributed by atoms with E-state index in [1.54, 1.807) is 23.5 Å². The standard InChI is InChI=1S/C13H8OS2/c14-8-9-5-6-12-13(7-9)16-11-4-2-1-3-10(11)15-12/h1-8H. The molecule has 2 aromatic rings. The maximum absolute atomic E-state index is 10.7. The van der Waals surface area contributed by atoms with Crippen molar-refractivity contribution in [3.05, 3.63) is 48.0 Å². The van der Waals surface area contributed by atoms with Crippen LogP contribution in [-0.2, 0) is 0 Å². The molecule has 3 heteroatoms. The highest BCUT2D eigenvalue weighted by molar-refractivity contribution is 8.05. The van der Waals surface area contributed by atoms with Gasteiger partial charge in [-0.05, 0) is 24.3 Å². The van der Waals surface area contributed by atoms with Gasteiger partial charge in [0, 0.05) is 25.1 Å². The second-order valence-electron chi connectivity index (χ2n) is 3.47. The molecule has 0 spiro atoms. The highest BCUT2D eigenvalue weighted by Crippen LogP contribution is 2.48. The van der Waals surface area contributed by atoms with E-state index < -0.39 is 0 Å². The maximum Gasteiger partial charge on any atom is 0.150 e. The van der Waals surface area contributed by atoms with Crippen molar-refractivity contribution >= 4 is 29.8 Å². The Bertz CT molecular complexity index is 564. The van der Waals surface area contributed by atoms with Crippen molar-refractivity contribution in [3.63, 3.8) is 0 Å². The molecule has 0 amide bonds. The molecule has 1 aliphatic heterocycles. The van der Waals surface area contributed by atoms with Crippen molar-refractivity contribution in [3.8, 4) is 0 Å². The van der Waals surface area contributed by atoms with E-state index in [4.69, 9.17) is 0 Å². The fraction of sp³-hybridized carbons (Fsp3) is 0. The molecule has 78 valence electrons. The van der Waals surface area contributed by atoms with Gasteiger partial charge in [-0.3, -0.25) is 4.79 Å². The molecule has 0 saturated carbocycles. The lowest BCUT2D eigenvalue weighted by molar-refractivity contribution is 0.112. The van der Waals surface area contributed by atoms with Crippen molar-refractivity contribution in [1.82, 2.24) is 0 Å². The molecule has 16 heavy (non-hydrogen) atoms. The lowest BCUT2D eigenvalue weighted by Gasteiger charge is -2.17. The smallest absolute Gasteiger partial charge is 0.150 e. The molecular formula is C13H8OS2. The fourth-order valence-corrected chi connectivity index (χ4v) is 3.88. The van der Waals surface area contributed by atoms with Crippen LogP contribution in [0.25, 0.3) is 0 Å². The third kappa shape index (κ3) is 1.66. The van der Waals surface area contributed by atoms with Gasteiger partial charge < -0.3 is 0 Å². The zero-order valence-corrected chi connectivity index (χ0v) is 9.98. The Balaban J connectivity index is 2.08. The Morgan fingerprint density at radius 2 is 1.44 bits per heavy atom. The van der Waals surface area contributed by atoms with E-state index in [9.17, 15) is 4.79 Å². The van der Waals surface area contributed by atoms with Crippen molar-refractivity contribution in [2.45, 2.75) is 19.6 Å². The predicted molar refractivity (Wildman–Crippen MR) is 66.5 cm³/mol. The second-order valence-corrected chi connectivity index (χ2v) is 5.64. The molecule has 1 nitrogen and oxygen atoms in total. The number of hydrogen-bond acceptors (Lipinski definition) is 3. The zero-order valence-electron chi connectivity index (χ0n) is 8.34. The predicted octanol–water partition coefficient (Wildman–Crippen LogP) is 4.11. The minimum absolute atomic E-state index is 0.742. The van der Waals surface area contributed by atoms with Gasteiger partial charge in [-0.1, -0.05) is 41.7 Å². The molecule has 0 atom stereocenters. The SMILES string of the molecule is O=Cc1ccc2c(c1)Sc1ccccc1S2. The Morgan fingerprint density at radius 3 is 2.12 bits per heavy atom. The summed E-state index contributed by atoms with van der Waals surface area (Å²) in [6, 6.07) is 14.2. The molecule has 0 fully saturated rings. The molecule has 1 aliphatic rings. The average molecular weight is 244 g/mol. The summed E-state index contributed by atoms with van der Waals surface area (Å²) in [6.07, 6.45) is 0.895. The minimum Gasteiger partial charge on any atom is -0.298 e. The van der Waals surface area contributed by atoms with Crippen molar-refractivity contribution in [2.75, 3.05) is 0 Å². The molecular weight excluding hydrogens is 236 g/mol. The Kier molecular flexibility index (Phi) is 2.50. The van der Waals surface area contributed by atoms with E-state index in [0.717, 1.165) is 11.8 Å². The first kappa shape index (κ1) is 10.00. The van der Waals surface area contributed by atoms with Gasteiger partial charge in [-0.25, -0.2) is 0 Å². The maximum atomic E-state index is 10.7. The lowest BCUT2D eigenvalue weighted by Crippen LogP contribution is -1.90. The third-order valence-electron chi connectivity index (χ3n) is 2.39. The molecule has 0 radical (unpaired) electrons. The van der Waals surface area contributed by atoms with Gasteiger partial charge in [0.05, 0.1) is 0 Å². The van der Waals surface area contributed by atoms with Crippen molar-refractivity contribution in [2.24, 2.45) is 0 Å². The molecule has 2 aromatic carbocycles. The second kappa shape index (κ2) is 4.00. The summed E-state index contributed by atoms with van der Waals surface area (Å²) in [5.41, 5.74) is 0.742. The van der Waals surface area contributed by atoms with E-state index >= 15 is 0 Å². The zero-order chi connectivity index (χ0) is 11.0. The van der Waals surface area contributed by atoms with E-state index in [1.165, 1.54) is 19.6 Å². The van der Waals surface area contributed by atoms with Crippen molar-refractivity contribution < 1.29 is 4.79 Å². The molecule has 0 aliphatic carbocycles. The fourth-order valence-electron chi connectivity index (χ4n) is 1.62. The van der Waals surface area contributed by atoms with E-state index in [-0.39, 0.29) is 0 Å². The van der Waals surface area contributed by atoms with E-state index in [2.05, 4.69) is 18.2 Å². The molecule has 0 saturated heterocycles. The average Bonchev–Trinajstić information content (AvgIpc) is 2.35. The summed E-state index contributed by atoms with van der Waals surface area (Å²) in [6.45, 7) is 0. The number of carbonyl (C=O) groups is 1. The van der Waals surface area contributed by atoms with Crippen LogP contribution in [-0.4, -0.2) is 6.29 Å². The summed E-state index contributed by atoms with van der Waals surface area (Å²) >= 11 is 3.50. The third-order valence-corrected chi connectivity index (χ3v) is 4.94. The number of rotatable bonds is 1. The Hall–Kier alpha value is -1.19. The molecule has 0 bridgehead atoms.